The van der Waals surface area contributed by atoms with E-state index in [9.17, 15) is 14.4 Å². The van der Waals surface area contributed by atoms with Crippen molar-refractivity contribution in [2.24, 2.45) is 11.0 Å². The number of oxime groups is 1. The third-order valence-electron chi connectivity index (χ3n) is 3.06. The van der Waals surface area contributed by atoms with E-state index in [4.69, 9.17) is 20.2 Å². The molecule has 3 amide bonds. The van der Waals surface area contributed by atoms with Gasteiger partial charge in [-0.25, -0.2) is 10.6 Å². The first-order valence-electron chi connectivity index (χ1n) is 9.70. The van der Waals surface area contributed by atoms with Crippen molar-refractivity contribution in [3.05, 3.63) is 0 Å². The van der Waals surface area contributed by atoms with Crippen LogP contribution in [0.1, 0.15) is 60.8 Å². The van der Waals surface area contributed by atoms with Crippen LogP contribution in [0, 0.1) is 0 Å². The maximum absolute atomic E-state index is 11.5. The van der Waals surface area contributed by atoms with Crippen molar-refractivity contribution >= 4 is 24.1 Å². The molecule has 11 nitrogen and oxygen atoms in total. The van der Waals surface area contributed by atoms with Gasteiger partial charge in [0.05, 0.1) is 24.3 Å². The Morgan fingerprint density at radius 3 is 2.13 bits per heavy atom. The van der Waals surface area contributed by atoms with Gasteiger partial charge in [0.15, 0.2) is 0 Å². The molecule has 0 aromatic carbocycles. The second kappa shape index (κ2) is 16.4. The molecule has 0 bridgehead atoms. The maximum atomic E-state index is 11.5. The predicted octanol–water partition coefficient (Wildman–Crippen LogP) is 1.22. The molecule has 0 fully saturated rings. The third kappa shape index (κ3) is 23.6. The van der Waals surface area contributed by atoms with Crippen LogP contribution in [0.4, 0.5) is 4.79 Å². The van der Waals surface area contributed by atoms with E-state index in [0.29, 0.717) is 38.1 Å². The van der Waals surface area contributed by atoms with Gasteiger partial charge in [0, 0.05) is 13.7 Å². The lowest BCUT2D eigenvalue weighted by atomic mass is 10.1. The molecule has 0 radical (unpaired) electrons. The van der Waals surface area contributed by atoms with Crippen molar-refractivity contribution < 1.29 is 28.7 Å². The molecular formula is C19H39N5O6. The highest BCUT2D eigenvalue weighted by Gasteiger charge is 2.15. The summed E-state index contributed by atoms with van der Waals surface area (Å²) in [4.78, 5) is 37.9. The second-order valence-corrected chi connectivity index (χ2v) is 8.16. The van der Waals surface area contributed by atoms with Crippen LogP contribution in [0.25, 0.3) is 0 Å². The van der Waals surface area contributed by atoms with Crippen LogP contribution in [0.2, 0.25) is 0 Å². The second-order valence-electron chi connectivity index (χ2n) is 8.16. The van der Waals surface area contributed by atoms with Crippen LogP contribution in [-0.2, 0) is 23.9 Å². The van der Waals surface area contributed by atoms with Gasteiger partial charge in [0.2, 0.25) is 12.3 Å². The average Bonchev–Trinajstić information content (AvgIpc) is 2.63. The Bertz CT molecular complexity index is 526. The number of nitrogens with zero attached hydrogens (tertiary/aromatic N) is 1. The Hall–Kier alpha value is -2.40. The largest absolute Gasteiger partial charge is 0.444 e. The van der Waals surface area contributed by atoms with Crippen molar-refractivity contribution in [2.75, 3.05) is 26.8 Å². The molecular weight excluding hydrogens is 394 g/mol. The van der Waals surface area contributed by atoms with Gasteiger partial charge in [-0.1, -0.05) is 5.16 Å². The molecule has 176 valence electrons. The summed E-state index contributed by atoms with van der Waals surface area (Å²) in [6.07, 6.45) is 1.02. The van der Waals surface area contributed by atoms with E-state index >= 15 is 0 Å². The summed E-state index contributed by atoms with van der Waals surface area (Å²) >= 11 is 0. The van der Waals surface area contributed by atoms with Crippen LogP contribution < -0.4 is 21.9 Å². The molecule has 0 rings (SSSR count). The number of methoxy groups -OCH3 is 1. The number of alkyl carbamates (subject to hydrolysis) is 1. The molecule has 0 aromatic heterocycles. The minimum atomic E-state index is -0.556. The Balaban J connectivity index is 0. The van der Waals surface area contributed by atoms with Gasteiger partial charge in [-0.2, -0.15) is 0 Å². The SMILES string of the molecule is CC(C)(C)OC(=O)NCCC/C(CC(=O)NN)=N\OCCNC=O.COC(C)(C)C. The van der Waals surface area contributed by atoms with Gasteiger partial charge in [-0.3, -0.25) is 15.0 Å². The summed E-state index contributed by atoms with van der Waals surface area (Å²) in [7, 11) is 1.71. The molecule has 0 aliphatic rings. The Kier molecular flexibility index (Phi) is 16.3. The lowest BCUT2D eigenvalue weighted by Gasteiger charge is -2.19. The summed E-state index contributed by atoms with van der Waals surface area (Å²) < 4.78 is 10.0. The predicted molar refractivity (Wildman–Crippen MR) is 115 cm³/mol. The maximum Gasteiger partial charge on any atom is 0.407 e. The fourth-order valence-corrected chi connectivity index (χ4v) is 1.50. The monoisotopic (exact) mass is 433 g/mol. The minimum Gasteiger partial charge on any atom is -0.444 e. The fraction of sp³-hybridized carbons (Fsp3) is 0.789. The Morgan fingerprint density at radius 2 is 1.67 bits per heavy atom. The van der Waals surface area contributed by atoms with E-state index in [2.05, 4.69) is 15.8 Å². The van der Waals surface area contributed by atoms with Crippen molar-refractivity contribution in [2.45, 2.75) is 72.0 Å². The van der Waals surface area contributed by atoms with Crippen LogP contribution in [0.5, 0.6) is 0 Å². The molecule has 0 heterocycles. The van der Waals surface area contributed by atoms with Crippen LogP contribution in [0.3, 0.4) is 0 Å². The number of carbonyl (C=O) groups excluding carboxylic acids is 3. The standard InChI is InChI=1S/C14H27N5O5.C5H12O/c1-14(2,3)24-13(22)17-6-4-5-11(9-12(21)18-15)19-23-8-7-16-10-20;1-5(2,3)6-4/h10H,4-9,15H2,1-3H3,(H,16,20)(H,17,22)(H,18,21);1-4H3/b19-11+;. The number of hydrogen-bond acceptors (Lipinski definition) is 8. The molecule has 0 unspecified atom stereocenters. The van der Waals surface area contributed by atoms with E-state index in [1.807, 2.05) is 26.2 Å². The lowest BCUT2D eigenvalue weighted by molar-refractivity contribution is -0.120. The number of nitrogens with one attached hydrogen (secondary N) is 3. The summed E-state index contributed by atoms with van der Waals surface area (Å²) in [5, 5.41) is 8.90. The van der Waals surface area contributed by atoms with Crippen LogP contribution in [0.15, 0.2) is 5.16 Å². The number of ether oxygens (including phenoxy) is 2. The molecule has 5 N–H and O–H groups in total. The number of hydrogen-bond donors (Lipinski definition) is 4. The molecule has 30 heavy (non-hydrogen) atoms. The molecule has 0 atom stereocenters. The first-order valence-corrected chi connectivity index (χ1v) is 9.70. The van der Waals surface area contributed by atoms with Gasteiger partial charge in [0.25, 0.3) is 0 Å². The van der Waals surface area contributed by atoms with Crippen molar-refractivity contribution in [3.8, 4) is 0 Å². The van der Waals surface area contributed by atoms with Crippen LogP contribution >= 0.6 is 0 Å². The molecule has 11 heteroatoms. The highest BCUT2D eigenvalue weighted by Crippen LogP contribution is 2.06. The zero-order chi connectivity index (χ0) is 23.6. The Morgan fingerprint density at radius 1 is 1.07 bits per heavy atom. The van der Waals surface area contributed by atoms with Gasteiger partial charge < -0.3 is 24.9 Å². The topological polar surface area (TPSA) is 153 Å². The minimum absolute atomic E-state index is 0.00987. The summed E-state index contributed by atoms with van der Waals surface area (Å²) in [6.45, 7) is 12.3. The van der Waals surface area contributed by atoms with E-state index in [1.165, 1.54) is 0 Å². The molecule has 0 aliphatic heterocycles. The van der Waals surface area contributed by atoms with Crippen molar-refractivity contribution in [1.29, 1.82) is 0 Å². The Labute approximate surface area is 179 Å². The van der Waals surface area contributed by atoms with Crippen LogP contribution in [-0.4, -0.2) is 62.1 Å². The quantitative estimate of drug-likeness (QED) is 0.0954. The van der Waals surface area contributed by atoms with Gasteiger partial charge >= 0.3 is 6.09 Å². The van der Waals surface area contributed by atoms with Gasteiger partial charge in [-0.15, -0.1) is 0 Å². The van der Waals surface area contributed by atoms with Gasteiger partial charge in [0.1, 0.15) is 12.2 Å². The number of nitrogens with two attached hydrogens (primary N) is 1. The fourth-order valence-electron chi connectivity index (χ4n) is 1.50. The smallest absolute Gasteiger partial charge is 0.407 e. The third-order valence-corrected chi connectivity index (χ3v) is 3.06. The van der Waals surface area contributed by atoms with Crippen molar-refractivity contribution in [1.82, 2.24) is 16.1 Å². The number of rotatable bonds is 11. The number of carbonyl (C=O) groups is 3. The van der Waals surface area contributed by atoms with E-state index in [-0.39, 0.29) is 18.6 Å². The first-order chi connectivity index (χ1) is 13.8. The van der Waals surface area contributed by atoms with E-state index < -0.39 is 17.6 Å². The number of amides is 3. The summed E-state index contributed by atoms with van der Waals surface area (Å²) in [6, 6.07) is 0. The van der Waals surface area contributed by atoms with Crippen molar-refractivity contribution in [3.63, 3.8) is 0 Å². The molecule has 0 aromatic rings. The van der Waals surface area contributed by atoms with E-state index in [1.54, 1.807) is 27.9 Å². The normalized spacial score (nSPS) is 11.5. The highest BCUT2D eigenvalue weighted by molar-refractivity contribution is 6.00. The molecule has 0 saturated heterocycles. The lowest BCUT2D eigenvalue weighted by Crippen LogP contribution is -2.33. The zero-order valence-corrected chi connectivity index (χ0v) is 19.3. The average molecular weight is 434 g/mol. The zero-order valence-electron chi connectivity index (χ0n) is 19.3. The van der Waals surface area contributed by atoms with E-state index in [0.717, 1.165) is 0 Å². The molecule has 0 aliphatic carbocycles. The first kappa shape index (κ1) is 29.8. The molecule has 0 saturated carbocycles. The van der Waals surface area contributed by atoms with Gasteiger partial charge in [-0.05, 0) is 54.4 Å². The number of hydrazine groups is 1. The molecule has 0 spiro atoms. The highest BCUT2D eigenvalue weighted by atomic mass is 16.6. The summed E-state index contributed by atoms with van der Waals surface area (Å²) in [5.74, 6) is 4.65. The summed E-state index contributed by atoms with van der Waals surface area (Å²) in [5.41, 5.74) is 1.98.